The summed E-state index contributed by atoms with van der Waals surface area (Å²) >= 11 is 5.58. The average molecular weight is 244 g/mol. The fraction of sp³-hybridized carbons (Fsp3) is 0.0909. The van der Waals surface area contributed by atoms with Crippen molar-refractivity contribution in [3.05, 3.63) is 58.5 Å². The summed E-state index contributed by atoms with van der Waals surface area (Å²) in [7, 11) is 0. The van der Waals surface area contributed by atoms with Gasteiger partial charge in [0.05, 0.1) is 6.04 Å². The molecule has 84 valence electrons. The van der Waals surface area contributed by atoms with Gasteiger partial charge in [0.1, 0.15) is 17.4 Å². The van der Waals surface area contributed by atoms with Gasteiger partial charge in [0, 0.05) is 11.6 Å². The normalized spacial score (nSPS) is 12.8. The van der Waals surface area contributed by atoms with Crippen LogP contribution in [0.3, 0.4) is 0 Å². The highest BCUT2D eigenvalue weighted by atomic mass is 35.5. The zero-order valence-corrected chi connectivity index (χ0v) is 8.84. The standard InChI is InChI=1S/C11H8ClF2NO/c12-10-4-3-9(16-10)11(15)7-2-1-6(13)5-8(7)14/h1-5,11H,15H2. The maximum absolute atomic E-state index is 13.4. The van der Waals surface area contributed by atoms with Crippen molar-refractivity contribution in [2.24, 2.45) is 5.73 Å². The van der Waals surface area contributed by atoms with Crippen molar-refractivity contribution in [3.8, 4) is 0 Å². The van der Waals surface area contributed by atoms with Crippen LogP contribution in [-0.2, 0) is 0 Å². The summed E-state index contributed by atoms with van der Waals surface area (Å²) in [5.74, 6) is -1.03. The Balaban J connectivity index is 2.37. The SMILES string of the molecule is NC(c1ccc(Cl)o1)c1ccc(F)cc1F. The minimum Gasteiger partial charge on any atom is -0.448 e. The lowest BCUT2D eigenvalue weighted by atomic mass is 10.1. The summed E-state index contributed by atoms with van der Waals surface area (Å²) in [6, 6.07) is 5.47. The Bertz CT molecular complexity index is 512. The maximum Gasteiger partial charge on any atom is 0.193 e. The molecule has 2 rings (SSSR count). The third kappa shape index (κ3) is 2.08. The van der Waals surface area contributed by atoms with E-state index in [0.29, 0.717) is 5.76 Å². The first-order valence-electron chi connectivity index (χ1n) is 4.53. The lowest BCUT2D eigenvalue weighted by molar-refractivity contribution is 0.480. The van der Waals surface area contributed by atoms with Gasteiger partial charge in [0.2, 0.25) is 0 Å². The molecule has 2 aromatic rings. The Hall–Kier alpha value is -1.39. The Labute approximate surface area is 95.6 Å². The Kier molecular flexibility index (Phi) is 2.94. The topological polar surface area (TPSA) is 39.2 Å². The van der Waals surface area contributed by atoms with Crippen LogP contribution in [0.2, 0.25) is 5.22 Å². The lowest BCUT2D eigenvalue weighted by Gasteiger charge is -2.09. The van der Waals surface area contributed by atoms with Gasteiger partial charge in [-0.2, -0.15) is 0 Å². The summed E-state index contributed by atoms with van der Waals surface area (Å²) in [5, 5.41) is 0.174. The molecule has 0 aliphatic carbocycles. The highest BCUT2D eigenvalue weighted by Crippen LogP contribution is 2.25. The van der Waals surface area contributed by atoms with Gasteiger partial charge in [-0.25, -0.2) is 8.78 Å². The van der Waals surface area contributed by atoms with Crippen molar-refractivity contribution >= 4 is 11.6 Å². The predicted molar refractivity (Wildman–Crippen MR) is 56.1 cm³/mol. The van der Waals surface area contributed by atoms with Crippen LogP contribution in [0, 0.1) is 11.6 Å². The lowest BCUT2D eigenvalue weighted by Crippen LogP contribution is -2.12. The van der Waals surface area contributed by atoms with Crippen molar-refractivity contribution in [2.45, 2.75) is 6.04 Å². The van der Waals surface area contributed by atoms with Crippen LogP contribution >= 0.6 is 11.6 Å². The van der Waals surface area contributed by atoms with Crippen molar-refractivity contribution in [3.63, 3.8) is 0 Å². The number of nitrogens with two attached hydrogens (primary N) is 1. The molecule has 5 heteroatoms. The predicted octanol–water partition coefficient (Wildman–Crippen LogP) is 3.26. The molecule has 0 saturated carbocycles. The van der Waals surface area contributed by atoms with E-state index < -0.39 is 17.7 Å². The number of hydrogen-bond acceptors (Lipinski definition) is 2. The molecule has 0 fully saturated rings. The first-order chi connectivity index (χ1) is 7.58. The molecule has 1 aromatic heterocycles. The van der Waals surface area contributed by atoms with E-state index in [1.54, 1.807) is 6.07 Å². The van der Waals surface area contributed by atoms with Gasteiger partial charge in [0.25, 0.3) is 0 Å². The van der Waals surface area contributed by atoms with Crippen molar-refractivity contribution in [1.29, 1.82) is 0 Å². The number of halogens is 3. The van der Waals surface area contributed by atoms with E-state index in [0.717, 1.165) is 12.1 Å². The summed E-state index contributed by atoms with van der Waals surface area (Å²) < 4.78 is 31.2. The van der Waals surface area contributed by atoms with Crippen LogP contribution < -0.4 is 5.73 Å². The molecule has 0 amide bonds. The Morgan fingerprint density at radius 2 is 1.94 bits per heavy atom. The van der Waals surface area contributed by atoms with E-state index in [4.69, 9.17) is 21.8 Å². The number of benzene rings is 1. The van der Waals surface area contributed by atoms with E-state index in [2.05, 4.69) is 0 Å². The smallest absolute Gasteiger partial charge is 0.193 e. The second-order valence-electron chi connectivity index (χ2n) is 3.29. The van der Waals surface area contributed by atoms with Gasteiger partial charge in [0.15, 0.2) is 5.22 Å². The Morgan fingerprint density at radius 3 is 2.50 bits per heavy atom. The molecule has 0 bridgehead atoms. The molecule has 0 aliphatic rings. The molecule has 2 N–H and O–H groups in total. The molecule has 1 heterocycles. The minimum atomic E-state index is -0.798. The van der Waals surface area contributed by atoms with Crippen LogP contribution in [0.15, 0.2) is 34.7 Å². The maximum atomic E-state index is 13.4. The van der Waals surface area contributed by atoms with Gasteiger partial charge in [-0.05, 0) is 29.8 Å². The van der Waals surface area contributed by atoms with Crippen molar-refractivity contribution in [2.75, 3.05) is 0 Å². The molecule has 0 radical (unpaired) electrons. The zero-order chi connectivity index (χ0) is 11.7. The van der Waals surface area contributed by atoms with Crippen LogP contribution in [0.1, 0.15) is 17.4 Å². The zero-order valence-electron chi connectivity index (χ0n) is 8.08. The molecule has 1 unspecified atom stereocenters. The van der Waals surface area contributed by atoms with E-state index in [1.165, 1.54) is 12.1 Å². The molecular weight excluding hydrogens is 236 g/mol. The second-order valence-corrected chi connectivity index (χ2v) is 3.66. The molecule has 0 aliphatic heterocycles. The molecule has 16 heavy (non-hydrogen) atoms. The fourth-order valence-corrected chi connectivity index (χ4v) is 1.55. The largest absolute Gasteiger partial charge is 0.448 e. The van der Waals surface area contributed by atoms with Gasteiger partial charge >= 0.3 is 0 Å². The van der Waals surface area contributed by atoms with Crippen molar-refractivity contribution in [1.82, 2.24) is 0 Å². The molecule has 1 aromatic carbocycles. The van der Waals surface area contributed by atoms with Gasteiger partial charge in [-0.15, -0.1) is 0 Å². The van der Waals surface area contributed by atoms with E-state index in [1.807, 2.05) is 0 Å². The fourth-order valence-electron chi connectivity index (χ4n) is 1.40. The molecule has 0 spiro atoms. The molecule has 1 atom stereocenters. The van der Waals surface area contributed by atoms with Gasteiger partial charge in [-0.1, -0.05) is 6.07 Å². The highest BCUT2D eigenvalue weighted by Gasteiger charge is 2.17. The number of hydrogen-bond donors (Lipinski definition) is 1. The van der Waals surface area contributed by atoms with E-state index in [9.17, 15) is 8.78 Å². The summed E-state index contributed by atoms with van der Waals surface area (Å²) in [6.07, 6.45) is 0. The van der Waals surface area contributed by atoms with E-state index >= 15 is 0 Å². The summed E-state index contributed by atoms with van der Waals surface area (Å²) in [5.41, 5.74) is 5.93. The molecule has 2 nitrogen and oxygen atoms in total. The number of rotatable bonds is 2. The molecular formula is C11H8ClF2NO. The first-order valence-corrected chi connectivity index (χ1v) is 4.91. The summed E-state index contributed by atoms with van der Waals surface area (Å²) in [6.45, 7) is 0. The Morgan fingerprint density at radius 1 is 1.19 bits per heavy atom. The second kappa shape index (κ2) is 4.23. The van der Waals surface area contributed by atoms with E-state index in [-0.39, 0.29) is 10.8 Å². The number of furan rings is 1. The average Bonchev–Trinajstić information content (AvgIpc) is 2.64. The van der Waals surface area contributed by atoms with Crippen LogP contribution in [0.4, 0.5) is 8.78 Å². The summed E-state index contributed by atoms with van der Waals surface area (Å²) in [4.78, 5) is 0. The third-order valence-corrected chi connectivity index (χ3v) is 2.40. The van der Waals surface area contributed by atoms with Crippen LogP contribution in [0.5, 0.6) is 0 Å². The third-order valence-electron chi connectivity index (χ3n) is 2.20. The highest BCUT2D eigenvalue weighted by molar-refractivity contribution is 6.28. The van der Waals surface area contributed by atoms with Crippen LogP contribution in [-0.4, -0.2) is 0 Å². The minimum absolute atomic E-state index is 0.160. The molecule has 0 saturated heterocycles. The van der Waals surface area contributed by atoms with Crippen LogP contribution in [0.25, 0.3) is 0 Å². The monoisotopic (exact) mass is 243 g/mol. The van der Waals surface area contributed by atoms with Gasteiger partial charge in [-0.3, -0.25) is 0 Å². The van der Waals surface area contributed by atoms with Crippen molar-refractivity contribution < 1.29 is 13.2 Å². The van der Waals surface area contributed by atoms with Gasteiger partial charge < -0.3 is 10.2 Å². The first kappa shape index (κ1) is 11.1. The quantitative estimate of drug-likeness (QED) is 0.879.